The summed E-state index contributed by atoms with van der Waals surface area (Å²) in [7, 11) is 3.73. The molecule has 1 saturated heterocycles. The minimum Gasteiger partial charge on any atom is -0.463 e. The summed E-state index contributed by atoms with van der Waals surface area (Å²) >= 11 is 0. The summed E-state index contributed by atoms with van der Waals surface area (Å²) in [5.41, 5.74) is 0.622. The predicted octanol–water partition coefficient (Wildman–Crippen LogP) is 1.77. The molecule has 0 aliphatic carbocycles. The Morgan fingerprint density at radius 2 is 2.16 bits per heavy atom. The fraction of sp³-hybridized carbons (Fsp3) is 0.571. The zero-order valence-electron chi connectivity index (χ0n) is 12.3. The Morgan fingerprint density at radius 1 is 1.53 bits per heavy atom. The molecule has 0 saturated carbocycles. The van der Waals surface area contributed by atoms with E-state index < -0.39 is 0 Å². The Hall–Kier alpha value is -1.78. The van der Waals surface area contributed by atoms with Crippen LogP contribution in [0.15, 0.2) is 24.6 Å². The van der Waals surface area contributed by atoms with Crippen molar-refractivity contribution in [2.45, 2.75) is 26.7 Å². The highest BCUT2D eigenvalue weighted by atomic mass is 16.5. The van der Waals surface area contributed by atoms with Crippen LogP contribution in [0, 0.1) is 0 Å². The van der Waals surface area contributed by atoms with Crippen LogP contribution in [-0.4, -0.2) is 48.9 Å². The monoisotopic (exact) mass is 268 g/mol. The number of likely N-dealkylation sites (tertiary alicyclic amines) is 1. The van der Waals surface area contributed by atoms with Gasteiger partial charge in [-0.1, -0.05) is 6.58 Å². The highest BCUT2D eigenvalue weighted by Crippen LogP contribution is 2.08. The van der Waals surface area contributed by atoms with E-state index in [4.69, 9.17) is 4.74 Å². The average Bonchev–Trinajstić information content (AvgIpc) is 2.75. The second-order valence-corrected chi connectivity index (χ2v) is 4.37. The predicted molar refractivity (Wildman–Crippen MR) is 75.2 cm³/mol. The maximum absolute atomic E-state index is 11.0. The molecule has 0 aromatic carbocycles. The average molecular weight is 268 g/mol. The van der Waals surface area contributed by atoms with Gasteiger partial charge in [-0.2, -0.15) is 0 Å². The Labute approximate surface area is 115 Å². The highest BCUT2D eigenvalue weighted by molar-refractivity contribution is 5.87. The second-order valence-electron chi connectivity index (χ2n) is 4.37. The summed E-state index contributed by atoms with van der Waals surface area (Å²) in [6.07, 6.45) is 5.02. The van der Waals surface area contributed by atoms with Crippen LogP contribution in [0.3, 0.4) is 0 Å². The maximum atomic E-state index is 11.0. The zero-order valence-corrected chi connectivity index (χ0v) is 12.3. The SMILES string of the molecule is C=CN1CCCC1=O.CCOC(=O)C(C)=CN(C)C. The van der Waals surface area contributed by atoms with Crippen molar-refractivity contribution in [3.05, 3.63) is 24.6 Å². The lowest BCUT2D eigenvalue weighted by molar-refractivity contribution is -0.138. The van der Waals surface area contributed by atoms with Crippen molar-refractivity contribution in [2.75, 3.05) is 27.2 Å². The number of carbonyl (C=O) groups is 2. The number of hydrogen-bond acceptors (Lipinski definition) is 4. The zero-order chi connectivity index (χ0) is 14.8. The molecule has 19 heavy (non-hydrogen) atoms. The van der Waals surface area contributed by atoms with Crippen molar-refractivity contribution in [1.82, 2.24) is 9.80 Å². The summed E-state index contributed by atoms with van der Waals surface area (Å²) in [4.78, 5) is 25.1. The minimum absolute atomic E-state index is 0.208. The van der Waals surface area contributed by atoms with E-state index in [0.717, 1.165) is 13.0 Å². The molecule has 5 nitrogen and oxygen atoms in total. The Balaban J connectivity index is 0.000000356. The molecular weight excluding hydrogens is 244 g/mol. The van der Waals surface area contributed by atoms with Crippen molar-refractivity contribution >= 4 is 11.9 Å². The molecule has 1 amide bonds. The van der Waals surface area contributed by atoms with Crippen molar-refractivity contribution < 1.29 is 14.3 Å². The van der Waals surface area contributed by atoms with E-state index in [0.29, 0.717) is 18.6 Å². The molecule has 0 unspecified atom stereocenters. The molecule has 1 aliphatic rings. The van der Waals surface area contributed by atoms with Gasteiger partial charge in [0.25, 0.3) is 0 Å². The summed E-state index contributed by atoms with van der Waals surface area (Å²) < 4.78 is 4.77. The van der Waals surface area contributed by atoms with Gasteiger partial charge in [0.1, 0.15) is 0 Å². The summed E-state index contributed by atoms with van der Waals surface area (Å²) in [6, 6.07) is 0. The molecule has 0 radical (unpaired) electrons. The summed E-state index contributed by atoms with van der Waals surface area (Å²) in [5, 5.41) is 0. The Bertz CT molecular complexity index is 349. The van der Waals surface area contributed by atoms with Gasteiger partial charge in [-0.15, -0.1) is 0 Å². The van der Waals surface area contributed by atoms with E-state index in [2.05, 4.69) is 6.58 Å². The van der Waals surface area contributed by atoms with Crippen LogP contribution in [0.25, 0.3) is 0 Å². The smallest absolute Gasteiger partial charge is 0.335 e. The van der Waals surface area contributed by atoms with E-state index in [-0.39, 0.29) is 11.9 Å². The van der Waals surface area contributed by atoms with Crippen LogP contribution < -0.4 is 0 Å². The third-order valence-electron chi connectivity index (χ3n) is 2.38. The first-order chi connectivity index (χ1) is 8.92. The standard InChI is InChI=1S/C8H15NO2.C6H9NO/c1-5-11-8(10)7(2)6-9(3)4;1-2-7-5-3-4-6(7)8/h6H,5H2,1-4H3;2H,1,3-5H2. The van der Waals surface area contributed by atoms with Gasteiger partial charge in [-0.3, -0.25) is 4.79 Å². The lowest BCUT2D eigenvalue weighted by atomic mass is 10.3. The van der Waals surface area contributed by atoms with Crippen LogP contribution in [0.4, 0.5) is 0 Å². The lowest BCUT2D eigenvalue weighted by Gasteiger charge is -2.06. The van der Waals surface area contributed by atoms with Gasteiger partial charge >= 0.3 is 5.97 Å². The lowest BCUT2D eigenvalue weighted by Crippen LogP contribution is -2.16. The molecule has 0 aromatic heterocycles. The largest absolute Gasteiger partial charge is 0.463 e. The van der Waals surface area contributed by atoms with E-state index in [1.807, 2.05) is 19.0 Å². The fourth-order valence-electron chi connectivity index (χ4n) is 1.55. The Kier molecular flexibility index (Phi) is 8.33. The number of rotatable bonds is 4. The normalized spacial score (nSPS) is 14.6. The Morgan fingerprint density at radius 3 is 2.47 bits per heavy atom. The number of carbonyl (C=O) groups excluding carboxylic acids is 2. The van der Waals surface area contributed by atoms with Gasteiger partial charge in [0, 0.05) is 38.8 Å². The third-order valence-corrected chi connectivity index (χ3v) is 2.38. The van der Waals surface area contributed by atoms with Crippen molar-refractivity contribution in [3.63, 3.8) is 0 Å². The van der Waals surface area contributed by atoms with Gasteiger partial charge in [0.2, 0.25) is 5.91 Å². The van der Waals surface area contributed by atoms with Gasteiger partial charge in [0.15, 0.2) is 0 Å². The number of nitrogens with zero attached hydrogens (tertiary/aromatic N) is 2. The van der Waals surface area contributed by atoms with Crippen LogP contribution in [0.1, 0.15) is 26.7 Å². The van der Waals surface area contributed by atoms with Crippen molar-refractivity contribution in [3.8, 4) is 0 Å². The quantitative estimate of drug-likeness (QED) is 0.576. The van der Waals surface area contributed by atoms with E-state index in [9.17, 15) is 9.59 Å². The fourth-order valence-corrected chi connectivity index (χ4v) is 1.55. The van der Waals surface area contributed by atoms with Gasteiger partial charge < -0.3 is 14.5 Å². The van der Waals surface area contributed by atoms with Crippen LogP contribution in [-0.2, 0) is 14.3 Å². The molecular formula is C14H24N2O3. The molecule has 1 aliphatic heterocycles. The highest BCUT2D eigenvalue weighted by Gasteiger charge is 2.16. The van der Waals surface area contributed by atoms with E-state index >= 15 is 0 Å². The topological polar surface area (TPSA) is 49.9 Å². The minimum atomic E-state index is -0.249. The number of hydrogen-bond donors (Lipinski definition) is 0. The van der Waals surface area contributed by atoms with E-state index in [1.54, 1.807) is 31.1 Å². The number of ether oxygens (including phenoxy) is 1. The van der Waals surface area contributed by atoms with Crippen molar-refractivity contribution in [2.24, 2.45) is 0 Å². The first kappa shape index (κ1) is 17.2. The molecule has 0 aromatic rings. The third kappa shape index (κ3) is 7.28. The van der Waals surface area contributed by atoms with Crippen LogP contribution in [0.5, 0.6) is 0 Å². The molecule has 0 bridgehead atoms. The molecule has 1 heterocycles. The molecule has 0 spiro atoms. The van der Waals surface area contributed by atoms with Crippen LogP contribution >= 0.6 is 0 Å². The molecule has 108 valence electrons. The summed E-state index contributed by atoms with van der Waals surface area (Å²) in [6.45, 7) is 8.32. The first-order valence-electron chi connectivity index (χ1n) is 6.36. The van der Waals surface area contributed by atoms with Crippen LogP contribution in [0.2, 0.25) is 0 Å². The van der Waals surface area contributed by atoms with Gasteiger partial charge in [0.05, 0.1) is 6.61 Å². The second kappa shape index (κ2) is 9.19. The molecule has 1 rings (SSSR count). The maximum Gasteiger partial charge on any atom is 0.335 e. The van der Waals surface area contributed by atoms with E-state index in [1.165, 1.54) is 0 Å². The van der Waals surface area contributed by atoms with Gasteiger partial charge in [-0.05, 0) is 26.5 Å². The van der Waals surface area contributed by atoms with Crippen molar-refractivity contribution in [1.29, 1.82) is 0 Å². The molecule has 0 atom stereocenters. The number of amides is 1. The first-order valence-corrected chi connectivity index (χ1v) is 6.36. The molecule has 5 heteroatoms. The molecule has 1 fully saturated rings. The number of esters is 1. The van der Waals surface area contributed by atoms with Gasteiger partial charge in [-0.25, -0.2) is 4.79 Å². The summed E-state index contributed by atoms with van der Waals surface area (Å²) in [5.74, 6) is -0.0406. The molecule has 0 N–H and O–H groups in total.